The summed E-state index contributed by atoms with van der Waals surface area (Å²) < 4.78 is 4.95. The molecule has 1 heterocycles. The number of rotatable bonds is 4. The van der Waals surface area contributed by atoms with Gasteiger partial charge in [0.05, 0.1) is 30.7 Å². The highest BCUT2D eigenvalue weighted by molar-refractivity contribution is 5.94. The third kappa shape index (κ3) is 4.21. The van der Waals surface area contributed by atoms with E-state index in [-0.39, 0.29) is 0 Å². The Balaban J connectivity index is 2.07. The SMILES string of the molecule is COC(=O)C1C(C)C(C(=O)O)N(C(=O)Nc2ccc(C)cc2)C1c1ccc(C#N)cc1. The molecule has 1 aliphatic heterocycles. The van der Waals surface area contributed by atoms with Crippen LogP contribution < -0.4 is 5.32 Å². The summed E-state index contributed by atoms with van der Waals surface area (Å²) in [5, 5.41) is 21.7. The zero-order valence-corrected chi connectivity index (χ0v) is 17.4. The van der Waals surface area contributed by atoms with Crippen LogP contribution in [-0.2, 0) is 14.3 Å². The minimum Gasteiger partial charge on any atom is -0.480 e. The Hall–Kier alpha value is -3.86. The lowest BCUT2D eigenvalue weighted by molar-refractivity contribution is -0.147. The van der Waals surface area contributed by atoms with Crippen molar-refractivity contribution in [3.05, 3.63) is 65.2 Å². The summed E-state index contributed by atoms with van der Waals surface area (Å²) in [6.45, 7) is 3.53. The van der Waals surface area contributed by atoms with E-state index in [4.69, 9.17) is 10.00 Å². The first-order valence-electron chi connectivity index (χ1n) is 9.75. The van der Waals surface area contributed by atoms with Crippen LogP contribution in [0.3, 0.4) is 0 Å². The summed E-state index contributed by atoms with van der Waals surface area (Å²) in [6.07, 6.45) is 0. The lowest BCUT2D eigenvalue weighted by Crippen LogP contribution is -2.45. The third-order valence-electron chi connectivity index (χ3n) is 5.65. The quantitative estimate of drug-likeness (QED) is 0.731. The van der Waals surface area contributed by atoms with Crippen molar-refractivity contribution in [2.75, 3.05) is 12.4 Å². The normalized spacial score (nSPS) is 22.5. The zero-order valence-electron chi connectivity index (χ0n) is 17.4. The van der Waals surface area contributed by atoms with Gasteiger partial charge in [0.15, 0.2) is 0 Å². The molecule has 4 atom stereocenters. The van der Waals surface area contributed by atoms with Crippen molar-refractivity contribution >= 4 is 23.7 Å². The van der Waals surface area contributed by atoms with E-state index >= 15 is 0 Å². The Labute approximate surface area is 180 Å². The molecule has 0 spiro atoms. The average molecular weight is 421 g/mol. The van der Waals surface area contributed by atoms with Gasteiger partial charge in [0.2, 0.25) is 0 Å². The number of carbonyl (C=O) groups is 3. The molecule has 0 aliphatic carbocycles. The van der Waals surface area contributed by atoms with E-state index in [1.54, 1.807) is 43.3 Å². The maximum atomic E-state index is 13.3. The molecule has 2 N–H and O–H groups in total. The molecule has 2 aromatic carbocycles. The third-order valence-corrected chi connectivity index (χ3v) is 5.65. The van der Waals surface area contributed by atoms with E-state index in [9.17, 15) is 19.5 Å². The summed E-state index contributed by atoms with van der Waals surface area (Å²) in [4.78, 5) is 39.2. The van der Waals surface area contributed by atoms with Crippen LogP contribution in [-0.4, -0.2) is 41.1 Å². The second kappa shape index (κ2) is 8.88. The first-order valence-corrected chi connectivity index (χ1v) is 9.75. The van der Waals surface area contributed by atoms with Crippen molar-refractivity contribution < 1.29 is 24.2 Å². The maximum Gasteiger partial charge on any atom is 0.326 e. The molecule has 160 valence electrons. The highest BCUT2D eigenvalue weighted by atomic mass is 16.5. The van der Waals surface area contributed by atoms with E-state index in [2.05, 4.69) is 5.32 Å². The van der Waals surface area contributed by atoms with Crippen molar-refractivity contribution in [2.45, 2.75) is 25.9 Å². The molecule has 8 nitrogen and oxygen atoms in total. The number of hydrogen-bond acceptors (Lipinski definition) is 5. The number of esters is 1. The van der Waals surface area contributed by atoms with Gasteiger partial charge in [-0.3, -0.25) is 4.79 Å². The molecule has 2 amide bonds. The lowest BCUT2D eigenvalue weighted by Gasteiger charge is -2.30. The summed E-state index contributed by atoms with van der Waals surface area (Å²) in [6, 6.07) is 12.7. The Bertz CT molecular complexity index is 1030. The second-order valence-electron chi connectivity index (χ2n) is 7.57. The van der Waals surface area contributed by atoms with Crippen molar-refractivity contribution in [3.63, 3.8) is 0 Å². The van der Waals surface area contributed by atoms with Crippen LogP contribution in [0.5, 0.6) is 0 Å². The van der Waals surface area contributed by atoms with Crippen LogP contribution in [0.25, 0.3) is 0 Å². The van der Waals surface area contributed by atoms with Crippen LogP contribution in [0.2, 0.25) is 0 Å². The van der Waals surface area contributed by atoms with Crippen LogP contribution in [0.15, 0.2) is 48.5 Å². The van der Waals surface area contributed by atoms with Crippen molar-refractivity contribution in [2.24, 2.45) is 11.8 Å². The number of aliphatic carboxylic acids is 1. The number of likely N-dealkylation sites (tertiary alicyclic amines) is 1. The van der Waals surface area contributed by atoms with Gasteiger partial charge in [0, 0.05) is 11.6 Å². The molecular weight excluding hydrogens is 398 g/mol. The van der Waals surface area contributed by atoms with E-state index in [1.807, 2.05) is 25.1 Å². The van der Waals surface area contributed by atoms with E-state index < -0.39 is 41.9 Å². The fourth-order valence-corrected chi connectivity index (χ4v) is 4.11. The number of aryl methyl sites for hydroxylation is 1. The van der Waals surface area contributed by atoms with Crippen LogP contribution >= 0.6 is 0 Å². The van der Waals surface area contributed by atoms with Crippen LogP contribution in [0, 0.1) is 30.1 Å². The minimum atomic E-state index is -1.24. The number of carboxylic acid groups (broad SMARTS) is 1. The van der Waals surface area contributed by atoms with Gasteiger partial charge < -0.3 is 20.1 Å². The molecular formula is C23H23N3O5. The molecule has 0 saturated carbocycles. The highest BCUT2D eigenvalue weighted by Gasteiger charge is 2.56. The van der Waals surface area contributed by atoms with Crippen LogP contribution in [0.4, 0.5) is 10.5 Å². The highest BCUT2D eigenvalue weighted by Crippen LogP contribution is 2.46. The second-order valence-corrected chi connectivity index (χ2v) is 7.57. The zero-order chi connectivity index (χ0) is 22.7. The number of benzene rings is 2. The van der Waals surface area contributed by atoms with Gasteiger partial charge in [-0.1, -0.05) is 36.8 Å². The Kier molecular flexibility index (Phi) is 6.25. The minimum absolute atomic E-state index is 0.412. The number of anilines is 1. The summed E-state index contributed by atoms with van der Waals surface area (Å²) >= 11 is 0. The Morgan fingerprint density at radius 2 is 1.71 bits per heavy atom. The number of nitriles is 1. The van der Waals surface area contributed by atoms with Gasteiger partial charge in [0.1, 0.15) is 6.04 Å². The monoisotopic (exact) mass is 421 g/mol. The average Bonchev–Trinajstić information content (AvgIpc) is 3.08. The summed E-state index contributed by atoms with van der Waals surface area (Å²) in [5.74, 6) is -3.40. The molecule has 1 aliphatic rings. The van der Waals surface area contributed by atoms with Gasteiger partial charge >= 0.3 is 18.0 Å². The van der Waals surface area contributed by atoms with Gasteiger partial charge in [-0.2, -0.15) is 5.26 Å². The van der Waals surface area contributed by atoms with Crippen molar-refractivity contribution in [1.82, 2.24) is 4.90 Å². The largest absolute Gasteiger partial charge is 0.480 e. The summed E-state index contributed by atoms with van der Waals surface area (Å²) in [7, 11) is 1.23. The standard InChI is InChI=1S/C23H23N3O5/c1-13-4-10-17(11-5-13)25-23(30)26-19(21(27)28)14(2)18(22(29)31-3)20(26)16-8-6-15(12-24)7-9-16/h4-11,14,18-20H,1-3H3,(H,25,30)(H,27,28). The van der Waals surface area contributed by atoms with Gasteiger partial charge in [0.25, 0.3) is 0 Å². The number of ether oxygens (including phenoxy) is 1. The van der Waals surface area contributed by atoms with Crippen molar-refractivity contribution in [1.29, 1.82) is 5.26 Å². The smallest absolute Gasteiger partial charge is 0.326 e. The van der Waals surface area contributed by atoms with E-state index in [0.29, 0.717) is 16.8 Å². The molecule has 1 saturated heterocycles. The van der Waals surface area contributed by atoms with E-state index in [1.165, 1.54) is 12.0 Å². The number of amides is 2. The molecule has 2 aromatic rings. The topological polar surface area (TPSA) is 120 Å². The summed E-state index contributed by atoms with van der Waals surface area (Å²) in [5.41, 5.74) is 2.48. The maximum absolute atomic E-state index is 13.3. The molecule has 0 aromatic heterocycles. The molecule has 8 heteroatoms. The fraction of sp³-hybridized carbons (Fsp3) is 0.304. The molecule has 0 bridgehead atoms. The Morgan fingerprint density at radius 1 is 1.10 bits per heavy atom. The number of methoxy groups -OCH3 is 1. The molecule has 0 radical (unpaired) electrons. The number of carbonyl (C=O) groups excluding carboxylic acids is 2. The number of carboxylic acids is 1. The first-order chi connectivity index (χ1) is 14.8. The Morgan fingerprint density at radius 3 is 2.23 bits per heavy atom. The number of urea groups is 1. The lowest BCUT2D eigenvalue weighted by atomic mass is 9.85. The van der Waals surface area contributed by atoms with E-state index in [0.717, 1.165) is 5.56 Å². The predicted molar refractivity (Wildman–Crippen MR) is 112 cm³/mol. The molecule has 4 unspecified atom stereocenters. The fourth-order valence-electron chi connectivity index (χ4n) is 4.11. The number of nitrogens with zero attached hydrogens (tertiary/aromatic N) is 2. The predicted octanol–water partition coefficient (Wildman–Crippen LogP) is 3.33. The number of hydrogen-bond donors (Lipinski definition) is 2. The first kappa shape index (κ1) is 21.8. The van der Waals surface area contributed by atoms with Crippen molar-refractivity contribution in [3.8, 4) is 6.07 Å². The molecule has 1 fully saturated rings. The van der Waals surface area contributed by atoms with Gasteiger partial charge in [-0.15, -0.1) is 0 Å². The van der Waals surface area contributed by atoms with Gasteiger partial charge in [-0.05, 0) is 36.8 Å². The number of nitrogens with one attached hydrogen (secondary N) is 1. The van der Waals surface area contributed by atoms with Gasteiger partial charge in [-0.25, -0.2) is 9.59 Å². The molecule has 31 heavy (non-hydrogen) atoms. The van der Waals surface area contributed by atoms with Crippen LogP contribution in [0.1, 0.15) is 29.7 Å². The molecule has 3 rings (SSSR count).